The highest BCUT2D eigenvalue weighted by atomic mass is 16.6. The first-order valence-electron chi connectivity index (χ1n) is 49.8. The van der Waals surface area contributed by atoms with Crippen LogP contribution in [0.15, 0.2) is 107 Å². The minimum atomic E-state index is -1.04. The fraction of sp³-hybridized carbons (Fsp3) is 0.546. The molecular formula is C108H140N14O19. The lowest BCUT2D eigenvalue weighted by atomic mass is 9.85. The van der Waals surface area contributed by atoms with Crippen LogP contribution >= 0.6 is 0 Å². The van der Waals surface area contributed by atoms with Gasteiger partial charge < -0.3 is 93.7 Å². The number of nitrogens with zero attached hydrogens (tertiary/aromatic N) is 8. The number of hydrogen-bond acceptors (Lipinski definition) is 22. The van der Waals surface area contributed by atoms with Crippen molar-refractivity contribution in [2.45, 2.75) is 330 Å². The zero-order valence-electron chi connectivity index (χ0n) is 83.9. The van der Waals surface area contributed by atoms with Crippen molar-refractivity contribution in [1.82, 2.24) is 60.8 Å². The summed E-state index contributed by atoms with van der Waals surface area (Å²) in [5, 5.41) is 24.4. The summed E-state index contributed by atoms with van der Waals surface area (Å²) in [6.07, 6.45) is 12.8. The number of likely N-dealkylation sites (tertiary alicyclic amines) is 4. The van der Waals surface area contributed by atoms with Crippen molar-refractivity contribution in [3.63, 3.8) is 0 Å². The van der Waals surface area contributed by atoms with Crippen molar-refractivity contribution in [3.05, 3.63) is 131 Å². The minimum absolute atomic E-state index is 0. The van der Waals surface area contributed by atoms with Gasteiger partial charge in [0, 0.05) is 59.6 Å². The van der Waals surface area contributed by atoms with Crippen molar-refractivity contribution in [2.75, 3.05) is 28.4 Å². The first-order chi connectivity index (χ1) is 66.9. The highest BCUT2D eigenvalue weighted by Gasteiger charge is 2.49. The Morgan fingerprint density at radius 1 is 0.461 bits per heavy atom. The summed E-state index contributed by atoms with van der Waals surface area (Å²) in [6, 6.07) is 26.2. The molecule has 10 aliphatic rings. The lowest BCUT2D eigenvalue weighted by Gasteiger charge is -2.39. The van der Waals surface area contributed by atoms with E-state index in [1.54, 1.807) is 0 Å². The molecule has 18 atom stereocenters. The number of fused-ring (bicyclic) bond motifs is 12. The van der Waals surface area contributed by atoms with Gasteiger partial charge in [0.2, 0.25) is 17.7 Å². The summed E-state index contributed by atoms with van der Waals surface area (Å²) in [6.45, 7) is 30.6. The molecule has 6 aromatic carbocycles. The van der Waals surface area contributed by atoms with E-state index >= 15 is 0 Å². The van der Waals surface area contributed by atoms with Gasteiger partial charge in [0.25, 0.3) is 0 Å². The molecule has 2 aromatic heterocycles. The fourth-order valence-corrected chi connectivity index (χ4v) is 22.8. The van der Waals surface area contributed by atoms with E-state index in [0.29, 0.717) is 51.7 Å². The van der Waals surface area contributed by atoms with Crippen LogP contribution in [0.5, 0.6) is 11.5 Å². The molecule has 0 radical (unpaired) electrons. The smallest absolute Gasteiger partial charge is 0.411 e. The number of imidazole rings is 2. The first-order valence-corrected chi connectivity index (χ1v) is 49.8. The van der Waals surface area contributed by atoms with Crippen molar-refractivity contribution in [2.24, 2.45) is 33.7 Å². The maximum absolute atomic E-state index is 14.6. The van der Waals surface area contributed by atoms with E-state index in [0.717, 1.165) is 193 Å². The number of hydrogen-bond donors (Lipinski definition) is 7. The number of benzene rings is 6. The summed E-state index contributed by atoms with van der Waals surface area (Å²) >= 11 is 0. The second-order valence-corrected chi connectivity index (χ2v) is 40.9. The van der Waals surface area contributed by atoms with E-state index in [9.17, 15) is 43.2 Å². The molecule has 8 aromatic rings. The van der Waals surface area contributed by atoms with E-state index in [-0.39, 0.29) is 128 Å². The van der Waals surface area contributed by atoms with Gasteiger partial charge in [-0.25, -0.2) is 38.7 Å². The van der Waals surface area contributed by atoms with Gasteiger partial charge in [-0.2, -0.15) is 0 Å². The molecule has 0 saturated carbocycles. The van der Waals surface area contributed by atoms with Gasteiger partial charge in [0.05, 0.1) is 112 Å². The van der Waals surface area contributed by atoms with Crippen LogP contribution in [-0.4, -0.2) is 229 Å². The minimum Gasteiger partial charge on any atom is -0.488 e. The van der Waals surface area contributed by atoms with Crippen molar-refractivity contribution >= 4 is 98.5 Å². The van der Waals surface area contributed by atoms with Crippen LogP contribution in [0.2, 0.25) is 0 Å². The van der Waals surface area contributed by atoms with Crippen LogP contribution in [0.25, 0.3) is 66.3 Å². The van der Waals surface area contributed by atoms with E-state index in [1.165, 1.54) is 34.0 Å². The number of H-pyrrole nitrogens is 2. The Kier molecular flexibility index (Phi) is 31.4. The molecule has 8 amide bonds. The van der Waals surface area contributed by atoms with Gasteiger partial charge in [-0.1, -0.05) is 84.4 Å². The third-order valence-corrected chi connectivity index (χ3v) is 30.2. The van der Waals surface area contributed by atoms with Crippen LogP contribution in [0, 0.1) is 23.7 Å². The van der Waals surface area contributed by atoms with E-state index in [4.69, 9.17) is 63.0 Å². The molecule has 0 bridgehead atoms. The summed E-state index contributed by atoms with van der Waals surface area (Å²) in [7, 11) is 5.15. The molecule has 0 unspecified atom stereocenters. The topological polar surface area (TPSA) is 400 Å². The number of aromatic nitrogens is 4. The molecule has 18 rings (SSSR count). The van der Waals surface area contributed by atoms with Gasteiger partial charge in [-0.15, -0.1) is 0 Å². The standard InChI is InChI=1S/C51H63N7O8.C45H54N6O6.C11H19NO5.CH4/c1-9-26(2)45(55-50(61)63-7)48(59)58-28(4)11-17-43(58)47-52-24-41(54-47)32-12-14-35-34(20-32)25-65-44-23-36-31(21-38(35)44)13-15-39-37(36)22-40(53-39)42-16-10-27(3)57(42)49(60)46(56-51(62)64-8)33-18-29(5)66-30(6)19-33;1-9-24(2)40(49-43(53)55-8)42(52)50-25(3)11-17-38(50)41-46-22-36(48-41)28-12-14-30-29(18-28)23-56-39-21-31-27(19-33(30)39)13-15-34-32(31)20-35(47-34)37-16-10-26(4)51(37)44(54)57-45(5,6)7;1-6-4-8(5-7(2)17-6)9(10(13)14)12-11(15)16-3;/h12-15,20-21,23-24,26-30,33,42-43,45-46H,9-11,16-19,22,25H2,1-8H3,(H,52,54)(H,55,61)(H,56,62);12-15,18-19,21-22,24-26,37-38,40H,9-11,16-17,20,23H2,1-8H3,(H,46,48)(H,49,53);6-9H,4-5H2,1-3H3,(H,12,15)(H,13,14);1H4/t26-,27-,28-,29+,30+,42-,43-,45-,46-;24-,25-,26-,37-,38-,40-;6-,7-,9+;/m001./s1. The Bertz CT molecular complexity index is 6080. The second-order valence-electron chi connectivity index (χ2n) is 40.9. The van der Waals surface area contributed by atoms with Gasteiger partial charge in [-0.3, -0.25) is 29.3 Å². The number of ether oxygens (including phenoxy) is 9. The van der Waals surface area contributed by atoms with Gasteiger partial charge in [-0.05, 0) is 291 Å². The SMILES string of the molecule is C.CC[C@H](C)[C@H](NC(=O)OC)C(=O)N1[C@@H](C)CC[C@H]1c1ncc(-c2ccc3c(c2)COc2cc4c5c(ccc4cc2-3)N=C([C@@H]2CC[C@H](C)N2C(=O)OC(C)(C)C)C5)[nH]1.CC[C@H](C)[C@H](NC(=O)OC)C(=O)N1[C@@H](C)CC[C@H]1c1ncc(-c2ccc3c(c2)COc2cc4c5c(ccc4cc2-3)N=C([C@@H]2CC[C@H](C)N2C(=O)[C@@H](NC(=O)OC)C2C[C@@H](C)O[C@H](C)C2)C5)[nH]1.COC(=O)N[C@H](C(=O)O)C1C[C@@H](C)O[C@H](C)C1. The number of carbonyl (C=O) groups is 9. The van der Waals surface area contributed by atoms with Crippen molar-refractivity contribution < 1.29 is 90.9 Å². The molecule has 7 N–H and O–H groups in total. The normalized spacial score (nSPS) is 24.7. The van der Waals surface area contributed by atoms with Crippen LogP contribution in [0.1, 0.15) is 247 Å². The Labute approximate surface area is 825 Å². The van der Waals surface area contributed by atoms with Crippen LogP contribution in [0.3, 0.4) is 0 Å². The van der Waals surface area contributed by atoms with Crippen LogP contribution in [-0.2, 0) is 78.4 Å². The molecule has 0 aliphatic carbocycles. The van der Waals surface area contributed by atoms with E-state index in [1.807, 2.05) is 115 Å². The number of rotatable bonds is 20. The molecule has 141 heavy (non-hydrogen) atoms. The van der Waals surface area contributed by atoms with Gasteiger partial charge in [0.1, 0.15) is 66.1 Å². The molecule has 33 heteroatoms. The Balaban J connectivity index is 0.000000183. The molecule has 33 nitrogen and oxygen atoms in total. The maximum atomic E-state index is 14.6. The average Bonchev–Trinajstić information content (AvgIpc) is 1.65. The highest BCUT2D eigenvalue weighted by Crippen LogP contribution is 2.50. The number of aliphatic imine (C=N–C) groups is 2. The lowest BCUT2D eigenvalue weighted by Crippen LogP contribution is -2.57. The Hall–Kier alpha value is -12.7. The monoisotopic (exact) mass is 1940 g/mol. The molecule has 6 saturated heterocycles. The molecule has 6 fully saturated rings. The van der Waals surface area contributed by atoms with Crippen LogP contribution < -0.4 is 30.7 Å². The first kappa shape index (κ1) is 103. The quantitative estimate of drug-likeness (QED) is 0.0348. The van der Waals surface area contributed by atoms with Gasteiger partial charge in [0.15, 0.2) is 0 Å². The van der Waals surface area contributed by atoms with Gasteiger partial charge >= 0.3 is 36.4 Å². The average molecular weight is 1940 g/mol. The zero-order chi connectivity index (χ0) is 99.9. The number of alkyl carbamates (subject to hydrolysis) is 4. The summed E-state index contributed by atoms with van der Waals surface area (Å²) in [5.41, 5.74) is 15.7. The lowest BCUT2D eigenvalue weighted by molar-refractivity contribution is -0.143. The summed E-state index contributed by atoms with van der Waals surface area (Å²) in [4.78, 5) is 150. The molecule has 0 spiro atoms. The predicted molar refractivity (Wildman–Crippen MR) is 537 cm³/mol. The Morgan fingerprint density at radius 3 is 1.22 bits per heavy atom. The second kappa shape index (κ2) is 43.0. The number of carbonyl (C=O) groups excluding carboxylic acids is 8. The maximum Gasteiger partial charge on any atom is 0.411 e. The number of amides is 8. The number of methoxy groups -OCH3 is 4. The van der Waals surface area contributed by atoms with Crippen molar-refractivity contribution in [3.8, 4) is 56.3 Å². The van der Waals surface area contributed by atoms with Crippen LogP contribution in [0.4, 0.5) is 35.3 Å². The number of aromatic amines is 2. The third kappa shape index (κ3) is 21.6. The predicted octanol–water partition coefficient (Wildman–Crippen LogP) is 19.2. The molecule has 756 valence electrons. The van der Waals surface area contributed by atoms with Crippen molar-refractivity contribution in [1.29, 1.82) is 0 Å². The van der Waals surface area contributed by atoms with E-state index in [2.05, 4.69) is 142 Å². The Morgan fingerprint density at radius 2 is 0.830 bits per heavy atom. The zero-order valence-corrected chi connectivity index (χ0v) is 83.9. The highest BCUT2D eigenvalue weighted by molar-refractivity contribution is 6.08. The third-order valence-electron chi connectivity index (χ3n) is 30.2. The van der Waals surface area contributed by atoms with E-state index < -0.39 is 60.1 Å². The molecule has 10 aliphatic heterocycles. The molecule has 12 heterocycles. The number of carboxylic acids is 1. The number of carboxylic acid groups (broad SMARTS) is 1. The number of aliphatic carboxylic acids is 1. The number of nitrogens with one attached hydrogen (secondary N) is 6. The molecular weight excluding hydrogens is 1800 g/mol. The fourth-order valence-electron chi connectivity index (χ4n) is 22.8. The largest absolute Gasteiger partial charge is 0.488 e. The summed E-state index contributed by atoms with van der Waals surface area (Å²) in [5.74, 6) is 1.36. The summed E-state index contributed by atoms with van der Waals surface area (Å²) < 4.78 is 49.4.